The first kappa shape index (κ1) is 12.8. The minimum absolute atomic E-state index is 0.146. The Morgan fingerprint density at radius 2 is 1.88 bits per heavy atom. The average Bonchev–Trinajstić information content (AvgIpc) is 2.80. The lowest BCUT2D eigenvalue weighted by molar-refractivity contribution is -0.163. The van der Waals surface area contributed by atoms with Crippen LogP contribution in [-0.4, -0.2) is 18.5 Å². The second-order valence-corrected chi connectivity index (χ2v) is 5.70. The summed E-state index contributed by atoms with van der Waals surface area (Å²) in [6, 6.07) is 0. The third-order valence-electron chi connectivity index (χ3n) is 4.86. The molecule has 17 heavy (non-hydrogen) atoms. The van der Waals surface area contributed by atoms with Crippen LogP contribution in [0.1, 0.15) is 33.6 Å². The van der Waals surface area contributed by atoms with Crippen LogP contribution in [0.25, 0.3) is 0 Å². The molecule has 0 N–H and O–H groups in total. The largest absolute Gasteiger partial charge is 0.456 e. The number of carbonyl (C=O) groups excluding carboxylic acids is 1. The first-order valence-electron chi connectivity index (χ1n) is 6.40. The van der Waals surface area contributed by atoms with E-state index in [1.54, 1.807) is 0 Å². The van der Waals surface area contributed by atoms with Crippen molar-refractivity contribution < 1.29 is 18.3 Å². The number of fused-ring (bicyclic) bond motifs is 2. The van der Waals surface area contributed by atoms with Crippen LogP contribution in [0.5, 0.6) is 0 Å². The third kappa shape index (κ3) is 2.18. The van der Waals surface area contributed by atoms with Gasteiger partial charge in [0.05, 0.1) is 5.92 Å². The molecule has 2 rings (SSSR count). The molecule has 6 unspecified atom stereocenters. The van der Waals surface area contributed by atoms with E-state index in [-0.39, 0.29) is 5.92 Å². The Bertz CT molecular complexity index is 304. The van der Waals surface area contributed by atoms with Crippen LogP contribution in [0, 0.1) is 29.6 Å². The van der Waals surface area contributed by atoms with Crippen molar-refractivity contribution in [1.82, 2.24) is 0 Å². The third-order valence-corrected chi connectivity index (χ3v) is 4.86. The van der Waals surface area contributed by atoms with Crippen LogP contribution >= 0.6 is 0 Å². The van der Waals surface area contributed by atoms with E-state index in [1.165, 1.54) is 6.92 Å². The van der Waals surface area contributed by atoms with E-state index in [1.807, 2.05) is 0 Å². The highest BCUT2D eigenvalue weighted by atomic mass is 19.3. The fourth-order valence-electron chi connectivity index (χ4n) is 3.53. The molecule has 2 aliphatic carbocycles. The van der Waals surface area contributed by atoms with Gasteiger partial charge in [0.15, 0.2) is 6.10 Å². The predicted molar refractivity (Wildman–Crippen MR) is 59.6 cm³/mol. The fraction of sp³-hybridized carbons (Fsp3) is 0.923. The van der Waals surface area contributed by atoms with Crippen LogP contribution in [-0.2, 0) is 9.53 Å². The van der Waals surface area contributed by atoms with Crippen molar-refractivity contribution in [2.45, 2.75) is 46.1 Å². The number of alkyl halides is 2. The molecule has 0 saturated heterocycles. The zero-order valence-electron chi connectivity index (χ0n) is 10.5. The maximum absolute atomic E-state index is 12.3. The topological polar surface area (TPSA) is 26.3 Å². The van der Waals surface area contributed by atoms with Gasteiger partial charge in [0.2, 0.25) is 0 Å². The van der Waals surface area contributed by atoms with Crippen molar-refractivity contribution in [3.63, 3.8) is 0 Å². The van der Waals surface area contributed by atoms with Gasteiger partial charge in [-0.25, -0.2) is 8.78 Å². The SMILES string of the molecule is CC(OC(=O)C1CC2CC1C(C)C2C)C(F)F. The van der Waals surface area contributed by atoms with Crippen molar-refractivity contribution in [2.24, 2.45) is 29.6 Å². The molecule has 6 atom stereocenters. The zero-order chi connectivity index (χ0) is 12.7. The number of carbonyl (C=O) groups is 1. The van der Waals surface area contributed by atoms with Gasteiger partial charge in [-0.15, -0.1) is 0 Å². The van der Waals surface area contributed by atoms with Crippen molar-refractivity contribution in [3.8, 4) is 0 Å². The van der Waals surface area contributed by atoms with Crippen LogP contribution in [0.2, 0.25) is 0 Å². The molecule has 0 spiro atoms. The summed E-state index contributed by atoms with van der Waals surface area (Å²) >= 11 is 0. The number of esters is 1. The standard InChI is InChI=1S/C13H20F2O2/c1-6-7(2)10-4-9(6)5-11(10)13(16)17-8(3)12(14)15/h6-12H,4-5H2,1-3H3. The molecule has 0 aromatic heterocycles. The number of ether oxygens (including phenoxy) is 1. The Kier molecular flexibility index (Phi) is 3.41. The normalized spacial score (nSPS) is 41.9. The minimum Gasteiger partial charge on any atom is -0.456 e. The highest BCUT2D eigenvalue weighted by Crippen LogP contribution is 2.55. The van der Waals surface area contributed by atoms with Crippen LogP contribution in [0.3, 0.4) is 0 Å². The summed E-state index contributed by atoms with van der Waals surface area (Å²) < 4.78 is 29.5. The minimum atomic E-state index is -2.59. The average molecular weight is 246 g/mol. The summed E-state index contributed by atoms with van der Waals surface area (Å²) in [6.07, 6.45) is -1.99. The van der Waals surface area contributed by atoms with Crippen LogP contribution < -0.4 is 0 Å². The predicted octanol–water partition coefficient (Wildman–Crippen LogP) is 3.11. The molecule has 2 bridgehead atoms. The molecule has 0 aromatic carbocycles. The van der Waals surface area contributed by atoms with Gasteiger partial charge in [-0.1, -0.05) is 13.8 Å². The monoisotopic (exact) mass is 246 g/mol. The van der Waals surface area contributed by atoms with Gasteiger partial charge in [-0.05, 0) is 43.4 Å². The van der Waals surface area contributed by atoms with Gasteiger partial charge < -0.3 is 4.74 Å². The molecular formula is C13H20F2O2. The van der Waals surface area contributed by atoms with E-state index in [0.717, 1.165) is 12.8 Å². The molecule has 0 radical (unpaired) electrons. The number of halogens is 2. The Labute approximate surface area is 101 Å². The fourth-order valence-corrected chi connectivity index (χ4v) is 3.53. The van der Waals surface area contributed by atoms with Gasteiger partial charge in [0.1, 0.15) is 0 Å². The van der Waals surface area contributed by atoms with E-state index in [9.17, 15) is 13.6 Å². The van der Waals surface area contributed by atoms with E-state index in [2.05, 4.69) is 13.8 Å². The molecule has 98 valence electrons. The smallest absolute Gasteiger partial charge is 0.309 e. The van der Waals surface area contributed by atoms with Crippen LogP contribution in [0.4, 0.5) is 8.78 Å². The first-order valence-corrected chi connectivity index (χ1v) is 6.40. The molecule has 2 saturated carbocycles. The Hall–Kier alpha value is -0.670. The first-order chi connectivity index (χ1) is 7.91. The molecular weight excluding hydrogens is 226 g/mol. The molecule has 0 amide bonds. The van der Waals surface area contributed by atoms with Gasteiger partial charge >= 0.3 is 5.97 Å². The van der Waals surface area contributed by atoms with Crippen LogP contribution in [0.15, 0.2) is 0 Å². The molecule has 2 nitrogen and oxygen atoms in total. The summed E-state index contributed by atoms with van der Waals surface area (Å²) in [7, 11) is 0. The van der Waals surface area contributed by atoms with Gasteiger partial charge in [-0.2, -0.15) is 0 Å². The highest BCUT2D eigenvalue weighted by Gasteiger charge is 2.52. The summed E-state index contributed by atoms with van der Waals surface area (Å²) in [6.45, 7) is 5.63. The van der Waals surface area contributed by atoms with Crippen molar-refractivity contribution in [2.75, 3.05) is 0 Å². The van der Waals surface area contributed by atoms with E-state index in [4.69, 9.17) is 4.74 Å². The lowest BCUT2D eigenvalue weighted by Gasteiger charge is -2.30. The summed E-state index contributed by atoms with van der Waals surface area (Å²) in [5.74, 6) is 1.52. The van der Waals surface area contributed by atoms with Crippen molar-refractivity contribution in [3.05, 3.63) is 0 Å². The maximum Gasteiger partial charge on any atom is 0.309 e. The molecule has 2 aliphatic rings. The number of rotatable bonds is 3. The van der Waals surface area contributed by atoms with Gasteiger partial charge in [0.25, 0.3) is 6.43 Å². The Morgan fingerprint density at radius 1 is 1.24 bits per heavy atom. The number of hydrogen-bond donors (Lipinski definition) is 0. The molecule has 2 fully saturated rings. The van der Waals surface area contributed by atoms with E-state index < -0.39 is 18.5 Å². The summed E-state index contributed by atoms with van der Waals surface area (Å²) in [5, 5.41) is 0. The molecule has 0 aromatic rings. The molecule has 0 aliphatic heterocycles. The molecule has 4 heteroatoms. The second-order valence-electron chi connectivity index (χ2n) is 5.70. The molecule has 0 heterocycles. The van der Waals surface area contributed by atoms with E-state index in [0.29, 0.717) is 23.7 Å². The van der Waals surface area contributed by atoms with Crippen molar-refractivity contribution in [1.29, 1.82) is 0 Å². The summed E-state index contributed by atoms with van der Waals surface area (Å²) in [5.41, 5.74) is 0. The maximum atomic E-state index is 12.3. The van der Waals surface area contributed by atoms with E-state index >= 15 is 0 Å². The Morgan fingerprint density at radius 3 is 2.35 bits per heavy atom. The lowest BCUT2D eigenvalue weighted by atomic mass is 9.76. The quantitative estimate of drug-likeness (QED) is 0.715. The second kappa shape index (κ2) is 4.54. The Balaban J connectivity index is 1.95. The summed E-state index contributed by atoms with van der Waals surface area (Å²) in [4.78, 5) is 11.8. The van der Waals surface area contributed by atoms with Gasteiger partial charge in [0, 0.05) is 0 Å². The number of hydrogen-bond acceptors (Lipinski definition) is 2. The van der Waals surface area contributed by atoms with Gasteiger partial charge in [-0.3, -0.25) is 4.79 Å². The lowest BCUT2D eigenvalue weighted by Crippen LogP contribution is -2.34. The highest BCUT2D eigenvalue weighted by molar-refractivity contribution is 5.73. The van der Waals surface area contributed by atoms with Crippen molar-refractivity contribution >= 4 is 5.97 Å². The zero-order valence-corrected chi connectivity index (χ0v) is 10.5.